The molecule has 1 saturated carbocycles. The van der Waals surface area contributed by atoms with E-state index in [1.165, 1.54) is 12.8 Å². The number of guanidine groups is 1. The van der Waals surface area contributed by atoms with Crippen molar-refractivity contribution in [2.45, 2.75) is 65.0 Å². The first kappa shape index (κ1) is 23.1. The fourth-order valence-corrected chi connectivity index (χ4v) is 4.42. The number of carbonyl (C=O) groups excluding carboxylic acids is 2. The van der Waals surface area contributed by atoms with E-state index >= 15 is 0 Å². The molecule has 1 unspecified atom stereocenters. The van der Waals surface area contributed by atoms with Gasteiger partial charge in [-0.05, 0) is 42.9 Å². The summed E-state index contributed by atoms with van der Waals surface area (Å²) in [6, 6.07) is 8.08. The number of rotatable bonds is 7. The SMILES string of the molecule is CN=C(NCc1cccc(NC(=O)CC(C)C)c1)NC1CCN(C(=O)C2CCCC2)C1. The molecule has 0 bridgehead atoms. The molecule has 1 aliphatic carbocycles. The van der Waals surface area contributed by atoms with Gasteiger partial charge in [-0.2, -0.15) is 0 Å². The number of hydrogen-bond acceptors (Lipinski definition) is 3. The molecule has 0 spiro atoms. The van der Waals surface area contributed by atoms with Crippen LogP contribution in [0.15, 0.2) is 29.3 Å². The standard InChI is InChI=1S/C24H37N5O2/c1-17(2)13-22(30)27-20-10-6-7-18(14-20)15-26-24(25-3)28-21-11-12-29(16-21)23(31)19-8-4-5-9-19/h6-7,10,14,17,19,21H,4-5,8-9,11-13,15-16H2,1-3H3,(H,27,30)(H2,25,26,28). The van der Waals surface area contributed by atoms with Crippen LogP contribution in [-0.2, 0) is 16.1 Å². The van der Waals surface area contributed by atoms with Gasteiger partial charge in [0.2, 0.25) is 11.8 Å². The molecule has 1 aromatic rings. The maximum atomic E-state index is 12.6. The normalized spacial score (nSPS) is 19.7. The van der Waals surface area contributed by atoms with Crippen molar-refractivity contribution in [2.24, 2.45) is 16.8 Å². The second-order valence-corrected chi connectivity index (χ2v) is 9.17. The van der Waals surface area contributed by atoms with Crippen LogP contribution in [0.25, 0.3) is 0 Å². The lowest BCUT2D eigenvalue weighted by Gasteiger charge is -2.21. The molecule has 3 N–H and O–H groups in total. The number of amides is 2. The number of carbonyl (C=O) groups is 2. The first-order valence-electron chi connectivity index (χ1n) is 11.6. The van der Waals surface area contributed by atoms with Crippen LogP contribution >= 0.6 is 0 Å². The minimum atomic E-state index is 0.0375. The van der Waals surface area contributed by atoms with Crippen molar-refractivity contribution >= 4 is 23.5 Å². The molecule has 31 heavy (non-hydrogen) atoms. The van der Waals surface area contributed by atoms with Gasteiger partial charge in [-0.15, -0.1) is 0 Å². The zero-order valence-electron chi connectivity index (χ0n) is 19.1. The van der Waals surface area contributed by atoms with Gasteiger partial charge in [0.05, 0.1) is 0 Å². The molecule has 7 nitrogen and oxygen atoms in total. The highest BCUT2D eigenvalue weighted by atomic mass is 16.2. The maximum absolute atomic E-state index is 12.6. The highest BCUT2D eigenvalue weighted by Crippen LogP contribution is 2.27. The van der Waals surface area contributed by atoms with Crippen LogP contribution in [0, 0.1) is 11.8 Å². The summed E-state index contributed by atoms with van der Waals surface area (Å²) in [7, 11) is 1.76. The fraction of sp³-hybridized carbons (Fsp3) is 0.625. The average molecular weight is 428 g/mol. The van der Waals surface area contributed by atoms with Gasteiger partial charge in [0, 0.05) is 50.7 Å². The summed E-state index contributed by atoms with van der Waals surface area (Å²) in [5, 5.41) is 9.76. The van der Waals surface area contributed by atoms with Crippen LogP contribution in [0.1, 0.15) is 57.9 Å². The summed E-state index contributed by atoms with van der Waals surface area (Å²) in [5.41, 5.74) is 1.87. The molecule has 1 aromatic carbocycles. The Balaban J connectivity index is 1.46. The smallest absolute Gasteiger partial charge is 0.225 e. The first-order chi connectivity index (χ1) is 14.9. The molecule has 7 heteroatoms. The molecule has 1 atom stereocenters. The number of anilines is 1. The van der Waals surface area contributed by atoms with Crippen LogP contribution in [0.2, 0.25) is 0 Å². The van der Waals surface area contributed by atoms with E-state index in [4.69, 9.17) is 0 Å². The van der Waals surface area contributed by atoms with E-state index in [1.54, 1.807) is 7.05 Å². The Morgan fingerprint density at radius 3 is 2.68 bits per heavy atom. The van der Waals surface area contributed by atoms with Gasteiger partial charge in [-0.25, -0.2) is 0 Å². The molecule has 1 aliphatic heterocycles. The minimum Gasteiger partial charge on any atom is -0.352 e. The van der Waals surface area contributed by atoms with E-state index in [0.717, 1.165) is 49.6 Å². The van der Waals surface area contributed by atoms with Crippen molar-refractivity contribution in [3.05, 3.63) is 29.8 Å². The van der Waals surface area contributed by atoms with E-state index in [9.17, 15) is 9.59 Å². The van der Waals surface area contributed by atoms with E-state index < -0.39 is 0 Å². The molecule has 170 valence electrons. The second-order valence-electron chi connectivity index (χ2n) is 9.17. The molecular weight excluding hydrogens is 390 g/mol. The van der Waals surface area contributed by atoms with Crippen molar-refractivity contribution in [1.29, 1.82) is 0 Å². The third-order valence-electron chi connectivity index (χ3n) is 6.03. The van der Waals surface area contributed by atoms with Gasteiger partial charge in [0.1, 0.15) is 0 Å². The molecule has 1 heterocycles. The highest BCUT2D eigenvalue weighted by molar-refractivity contribution is 5.90. The van der Waals surface area contributed by atoms with Crippen molar-refractivity contribution in [2.75, 3.05) is 25.5 Å². The Kier molecular flexibility index (Phi) is 8.32. The number of nitrogens with zero attached hydrogens (tertiary/aromatic N) is 2. The molecule has 1 saturated heterocycles. The summed E-state index contributed by atoms with van der Waals surface area (Å²) in [6.45, 7) is 6.24. The van der Waals surface area contributed by atoms with Gasteiger partial charge in [0.15, 0.2) is 5.96 Å². The largest absolute Gasteiger partial charge is 0.352 e. The van der Waals surface area contributed by atoms with E-state index in [0.29, 0.717) is 24.8 Å². The summed E-state index contributed by atoms with van der Waals surface area (Å²) in [4.78, 5) is 31.0. The zero-order valence-corrected chi connectivity index (χ0v) is 19.1. The molecular formula is C24H37N5O2. The van der Waals surface area contributed by atoms with Crippen LogP contribution in [-0.4, -0.2) is 48.9 Å². The van der Waals surface area contributed by atoms with E-state index in [1.807, 2.05) is 43.0 Å². The lowest BCUT2D eigenvalue weighted by atomic mass is 10.1. The molecule has 3 rings (SSSR count). The molecule has 2 aliphatic rings. The molecule has 0 radical (unpaired) electrons. The summed E-state index contributed by atoms with van der Waals surface area (Å²) < 4.78 is 0. The van der Waals surface area contributed by atoms with Gasteiger partial charge in [-0.1, -0.05) is 38.8 Å². The van der Waals surface area contributed by atoms with Crippen LogP contribution in [0.4, 0.5) is 5.69 Å². The van der Waals surface area contributed by atoms with Crippen LogP contribution in [0.5, 0.6) is 0 Å². The van der Waals surface area contributed by atoms with Gasteiger partial charge >= 0.3 is 0 Å². The maximum Gasteiger partial charge on any atom is 0.225 e. The Bertz CT molecular complexity index is 786. The zero-order chi connectivity index (χ0) is 22.2. The molecule has 0 aromatic heterocycles. The fourth-order valence-electron chi connectivity index (χ4n) is 4.42. The van der Waals surface area contributed by atoms with Crippen molar-refractivity contribution in [3.63, 3.8) is 0 Å². The Morgan fingerprint density at radius 2 is 1.97 bits per heavy atom. The van der Waals surface area contributed by atoms with Crippen LogP contribution < -0.4 is 16.0 Å². The summed E-state index contributed by atoms with van der Waals surface area (Å²) in [6.07, 6.45) is 5.93. The number of nitrogens with one attached hydrogen (secondary N) is 3. The second kappa shape index (κ2) is 11.2. The molecule has 2 fully saturated rings. The third-order valence-corrected chi connectivity index (χ3v) is 6.03. The number of aliphatic imine (C=N–C) groups is 1. The summed E-state index contributed by atoms with van der Waals surface area (Å²) >= 11 is 0. The van der Waals surface area contributed by atoms with Gasteiger partial charge in [0.25, 0.3) is 0 Å². The van der Waals surface area contributed by atoms with Gasteiger partial charge < -0.3 is 20.9 Å². The van der Waals surface area contributed by atoms with Crippen molar-refractivity contribution in [3.8, 4) is 0 Å². The lowest BCUT2D eigenvalue weighted by molar-refractivity contribution is -0.134. The molecule has 2 amide bonds. The predicted molar refractivity (Wildman–Crippen MR) is 125 cm³/mol. The Hall–Kier alpha value is -2.57. The van der Waals surface area contributed by atoms with E-state index in [2.05, 4.69) is 20.9 Å². The highest BCUT2D eigenvalue weighted by Gasteiger charge is 2.32. The van der Waals surface area contributed by atoms with E-state index in [-0.39, 0.29) is 17.9 Å². The van der Waals surface area contributed by atoms with Gasteiger partial charge in [-0.3, -0.25) is 14.6 Å². The third kappa shape index (κ3) is 6.97. The lowest BCUT2D eigenvalue weighted by Crippen LogP contribution is -2.45. The predicted octanol–water partition coefficient (Wildman–Crippen LogP) is 3.13. The van der Waals surface area contributed by atoms with Crippen LogP contribution in [0.3, 0.4) is 0 Å². The Morgan fingerprint density at radius 1 is 1.19 bits per heavy atom. The number of likely N-dealkylation sites (tertiary alicyclic amines) is 1. The summed E-state index contributed by atoms with van der Waals surface area (Å²) in [5.74, 6) is 1.68. The first-order valence-corrected chi connectivity index (χ1v) is 11.6. The van der Waals surface area contributed by atoms with Crippen molar-refractivity contribution < 1.29 is 9.59 Å². The average Bonchev–Trinajstić information content (AvgIpc) is 3.42. The van der Waals surface area contributed by atoms with Crippen molar-refractivity contribution in [1.82, 2.24) is 15.5 Å². The topological polar surface area (TPSA) is 85.8 Å². The number of hydrogen-bond donors (Lipinski definition) is 3. The minimum absolute atomic E-state index is 0.0375. The Labute approximate surface area is 186 Å². The number of benzene rings is 1. The quantitative estimate of drug-likeness (QED) is 0.461. The monoisotopic (exact) mass is 427 g/mol.